The molecule has 1 aromatic carbocycles. The van der Waals surface area contributed by atoms with Crippen LogP contribution in [0.15, 0.2) is 41.8 Å². The number of anilines is 1. The zero-order chi connectivity index (χ0) is 24.9. The van der Waals surface area contributed by atoms with E-state index in [1.165, 1.54) is 4.68 Å². The summed E-state index contributed by atoms with van der Waals surface area (Å²) in [5, 5.41) is 9.97. The summed E-state index contributed by atoms with van der Waals surface area (Å²) in [4.78, 5) is 37.9. The second kappa shape index (κ2) is 10.4. The van der Waals surface area contributed by atoms with Crippen LogP contribution in [-0.2, 0) is 16.1 Å². The van der Waals surface area contributed by atoms with Crippen molar-refractivity contribution in [3.63, 3.8) is 0 Å². The first kappa shape index (κ1) is 24.0. The van der Waals surface area contributed by atoms with E-state index in [4.69, 9.17) is 9.47 Å². The van der Waals surface area contributed by atoms with Gasteiger partial charge < -0.3 is 14.8 Å². The Labute approximate surface area is 206 Å². The molecule has 0 bridgehead atoms. The Hall–Kier alpha value is -4.12. The molecule has 0 spiro atoms. The van der Waals surface area contributed by atoms with Crippen molar-refractivity contribution < 1.29 is 19.1 Å². The third-order valence-corrected chi connectivity index (χ3v) is 5.56. The van der Waals surface area contributed by atoms with Gasteiger partial charge in [0, 0.05) is 22.8 Å². The van der Waals surface area contributed by atoms with Crippen molar-refractivity contribution in [2.75, 3.05) is 11.9 Å². The quantitative estimate of drug-likeness (QED) is 0.369. The number of nitrogens with zero attached hydrogens (tertiary/aromatic N) is 5. The van der Waals surface area contributed by atoms with Gasteiger partial charge in [0.05, 0.1) is 22.0 Å². The molecular weight excluding hydrogens is 468 g/mol. The number of carbonyl (C=O) groups is 2. The molecule has 3 aromatic heterocycles. The maximum atomic E-state index is 12.5. The first-order valence-corrected chi connectivity index (χ1v) is 11.6. The SMILES string of the molecule is Cc1cc(C)nc(-n2nc(C)cc2NC(=O)COC(=O)c2ccc(OCc3csc(C)n3)cc2)n1. The number of ether oxygens (including phenoxy) is 2. The topological polar surface area (TPSA) is 121 Å². The fraction of sp³-hybridized carbons (Fsp3) is 0.250. The smallest absolute Gasteiger partial charge is 0.338 e. The molecule has 0 saturated carbocycles. The molecule has 0 radical (unpaired) electrons. The molecule has 0 saturated heterocycles. The van der Waals surface area contributed by atoms with Crippen molar-refractivity contribution in [1.82, 2.24) is 24.7 Å². The summed E-state index contributed by atoms with van der Waals surface area (Å²) in [6, 6.07) is 10.0. The number of amides is 1. The zero-order valence-corrected chi connectivity index (χ0v) is 20.5. The molecule has 4 rings (SSSR count). The van der Waals surface area contributed by atoms with Gasteiger partial charge in [0.1, 0.15) is 18.2 Å². The lowest BCUT2D eigenvalue weighted by atomic mass is 10.2. The van der Waals surface area contributed by atoms with Crippen LogP contribution >= 0.6 is 11.3 Å². The molecule has 0 aliphatic carbocycles. The average molecular weight is 493 g/mol. The number of carbonyl (C=O) groups excluding carboxylic acids is 2. The molecule has 0 unspecified atom stereocenters. The van der Waals surface area contributed by atoms with E-state index < -0.39 is 18.5 Å². The largest absolute Gasteiger partial charge is 0.487 e. The zero-order valence-electron chi connectivity index (χ0n) is 19.7. The third-order valence-electron chi connectivity index (χ3n) is 4.74. The molecule has 0 fully saturated rings. The Kier molecular flexibility index (Phi) is 7.16. The van der Waals surface area contributed by atoms with Crippen molar-refractivity contribution in [1.29, 1.82) is 0 Å². The lowest BCUT2D eigenvalue weighted by Gasteiger charge is -2.09. The Morgan fingerprint density at radius 3 is 2.34 bits per heavy atom. The van der Waals surface area contributed by atoms with Crippen LogP contribution in [-0.4, -0.2) is 43.2 Å². The van der Waals surface area contributed by atoms with Crippen molar-refractivity contribution in [3.8, 4) is 11.7 Å². The molecule has 10 nitrogen and oxygen atoms in total. The van der Waals surface area contributed by atoms with E-state index in [0.717, 1.165) is 22.1 Å². The normalized spacial score (nSPS) is 10.7. The molecule has 0 aliphatic rings. The Morgan fingerprint density at radius 2 is 1.69 bits per heavy atom. The summed E-state index contributed by atoms with van der Waals surface area (Å²) in [7, 11) is 0. The molecule has 3 heterocycles. The second-order valence-electron chi connectivity index (χ2n) is 7.83. The fourth-order valence-corrected chi connectivity index (χ4v) is 3.85. The number of hydrogen-bond donors (Lipinski definition) is 1. The summed E-state index contributed by atoms with van der Waals surface area (Å²) >= 11 is 1.56. The highest BCUT2D eigenvalue weighted by Crippen LogP contribution is 2.17. The Bertz CT molecular complexity index is 1340. The number of thiazole rings is 1. The number of rotatable bonds is 8. The molecule has 1 N–H and O–H groups in total. The number of hydrogen-bond acceptors (Lipinski definition) is 9. The lowest BCUT2D eigenvalue weighted by molar-refractivity contribution is -0.119. The predicted molar refractivity (Wildman–Crippen MR) is 130 cm³/mol. The van der Waals surface area contributed by atoms with Crippen LogP contribution in [0.1, 0.15) is 38.1 Å². The second-order valence-corrected chi connectivity index (χ2v) is 8.89. The van der Waals surface area contributed by atoms with E-state index in [2.05, 4.69) is 25.4 Å². The number of aromatic nitrogens is 5. The van der Waals surface area contributed by atoms with Gasteiger partial charge in [-0.1, -0.05) is 0 Å². The van der Waals surface area contributed by atoms with Gasteiger partial charge in [-0.05, 0) is 58.0 Å². The highest BCUT2D eigenvalue weighted by Gasteiger charge is 2.16. The highest BCUT2D eigenvalue weighted by molar-refractivity contribution is 7.09. The van der Waals surface area contributed by atoms with Gasteiger partial charge >= 0.3 is 5.97 Å². The van der Waals surface area contributed by atoms with Gasteiger partial charge in [-0.3, -0.25) is 4.79 Å². The van der Waals surface area contributed by atoms with Crippen molar-refractivity contribution in [3.05, 3.63) is 75.1 Å². The van der Waals surface area contributed by atoms with Crippen LogP contribution in [0.3, 0.4) is 0 Å². The fourth-order valence-electron chi connectivity index (χ4n) is 3.26. The number of benzene rings is 1. The minimum atomic E-state index is -0.621. The molecule has 1 amide bonds. The van der Waals surface area contributed by atoms with E-state index >= 15 is 0 Å². The first-order valence-electron chi connectivity index (χ1n) is 10.8. The number of esters is 1. The van der Waals surface area contributed by atoms with Crippen LogP contribution < -0.4 is 10.1 Å². The summed E-state index contributed by atoms with van der Waals surface area (Å²) in [6.07, 6.45) is 0. The van der Waals surface area contributed by atoms with E-state index in [1.54, 1.807) is 48.6 Å². The molecule has 11 heteroatoms. The van der Waals surface area contributed by atoms with Gasteiger partial charge in [-0.2, -0.15) is 9.78 Å². The van der Waals surface area contributed by atoms with Crippen molar-refractivity contribution >= 4 is 29.0 Å². The van der Waals surface area contributed by atoms with Crippen LogP contribution in [0.4, 0.5) is 5.82 Å². The standard InChI is InChI=1S/C24H24N6O4S/c1-14-9-15(2)26-24(25-14)30-21(10-16(3)29-30)28-22(31)12-34-23(32)18-5-7-20(8-6-18)33-11-19-13-35-17(4)27-19/h5-10,13H,11-12H2,1-4H3,(H,28,31). The summed E-state index contributed by atoms with van der Waals surface area (Å²) in [5.74, 6) is 0.189. The Balaban J connectivity index is 1.32. The maximum absolute atomic E-state index is 12.5. The third kappa shape index (κ3) is 6.27. The van der Waals surface area contributed by atoms with Gasteiger partial charge in [-0.15, -0.1) is 11.3 Å². The van der Waals surface area contributed by atoms with Gasteiger partial charge in [0.25, 0.3) is 11.9 Å². The average Bonchev–Trinajstić information content (AvgIpc) is 3.40. The van der Waals surface area contributed by atoms with Crippen molar-refractivity contribution in [2.24, 2.45) is 0 Å². The van der Waals surface area contributed by atoms with E-state index in [1.807, 2.05) is 32.2 Å². The lowest BCUT2D eigenvalue weighted by Crippen LogP contribution is -2.22. The van der Waals surface area contributed by atoms with E-state index in [9.17, 15) is 9.59 Å². The molecule has 35 heavy (non-hydrogen) atoms. The van der Waals surface area contributed by atoms with Gasteiger partial charge in [-0.25, -0.2) is 19.7 Å². The summed E-state index contributed by atoms with van der Waals surface area (Å²) < 4.78 is 12.3. The maximum Gasteiger partial charge on any atom is 0.338 e. The molecule has 0 aliphatic heterocycles. The molecule has 0 atom stereocenters. The first-order chi connectivity index (χ1) is 16.8. The molecule has 180 valence electrons. The molecular formula is C24H24N6O4S. The van der Waals surface area contributed by atoms with Crippen LogP contribution in [0.25, 0.3) is 5.95 Å². The van der Waals surface area contributed by atoms with Crippen molar-refractivity contribution in [2.45, 2.75) is 34.3 Å². The van der Waals surface area contributed by atoms with Crippen LogP contribution in [0.2, 0.25) is 0 Å². The highest BCUT2D eigenvalue weighted by atomic mass is 32.1. The minimum absolute atomic E-state index is 0.305. The number of nitrogens with one attached hydrogen (secondary N) is 1. The van der Waals surface area contributed by atoms with E-state index in [-0.39, 0.29) is 0 Å². The number of aryl methyl sites for hydroxylation is 4. The predicted octanol–water partition coefficient (Wildman–Crippen LogP) is 3.73. The summed E-state index contributed by atoms with van der Waals surface area (Å²) in [6.45, 7) is 7.32. The monoisotopic (exact) mass is 492 g/mol. The summed E-state index contributed by atoms with van der Waals surface area (Å²) in [5.41, 5.74) is 3.39. The Morgan fingerprint density at radius 1 is 0.971 bits per heavy atom. The van der Waals surface area contributed by atoms with Gasteiger partial charge in [0.15, 0.2) is 6.61 Å². The molecule has 4 aromatic rings. The van der Waals surface area contributed by atoms with Crippen LogP contribution in [0.5, 0.6) is 5.75 Å². The van der Waals surface area contributed by atoms with E-state index in [0.29, 0.717) is 35.4 Å². The van der Waals surface area contributed by atoms with Gasteiger partial charge in [0.2, 0.25) is 0 Å². The minimum Gasteiger partial charge on any atom is -0.487 e. The van der Waals surface area contributed by atoms with Crippen LogP contribution in [0, 0.1) is 27.7 Å².